The van der Waals surface area contributed by atoms with Crippen LogP contribution in [0.1, 0.15) is 37.6 Å². The molecule has 4 N–H and O–H groups in total. The lowest BCUT2D eigenvalue weighted by molar-refractivity contribution is 0.0975. The van der Waals surface area contributed by atoms with Crippen molar-refractivity contribution < 1.29 is 9.59 Å². The number of aryl methyl sites for hydroxylation is 1. The number of anilines is 1. The van der Waals surface area contributed by atoms with Gasteiger partial charge in [0.2, 0.25) is 0 Å². The van der Waals surface area contributed by atoms with Crippen molar-refractivity contribution in [2.45, 2.75) is 19.3 Å². The number of hydrogen-bond donors (Lipinski definition) is 3. The van der Waals surface area contributed by atoms with Crippen LogP contribution in [0.3, 0.4) is 0 Å². The molecule has 1 aliphatic carbocycles. The van der Waals surface area contributed by atoms with Crippen LogP contribution in [0.2, 0.25) is 0 Å². The maximum atomic E-state index is 12.3. The second-order valence-electron chi connectivity index (χ2n) is 5.31. The van der Waals surface area contributed by atoms with Crippen molar-refractivity contribution in [2.24, 2.45) is 5.73 Å². The number of nitrogens with one attached hydrogen (secondary N) is 2. The Balaban J connectivity index is 1.75. The molecule has 0 spiro atoms. The van der Waals surface area contributed by atoms with Crippen LogP contribution in [0, 0.1) is 0 Å². The third-order valence-corrected chi connectivity index (χ3v) is 5.84. The van der Waals surface area contributed by atoms with E-state index in [1.807, 2.05) is 6.07 Å². The number of rotatable bonds is 3. The maximum absolute atomic E-state index is 12.3. The summed E-state index contributed by atoms with van der Waals surface area (Å²) in [5.41, 5.74) is 7.49. The number of carbonyl (C=O) groups excluding carboxylic acids is 2. The molecule has 1 aromatic carbocycles. The van der Waals surface area contributed by atoms with E-state index in [1.165, 1.54) is 11.3 Å². The summed E-state index contributed by atoms with van der Waals surface area (Å²) in [4.78, 5) is 25.2. The molecule has 0 fully saturated rings. The van der Waals surface area contributed by atoms with Gasteiger partial charge < -0.3 is 11.1 Å². The molecular formula is C16H14BrN3O2S2. The van der Waals surface area contributed by atoms with Crippen LogP contribution >= 0.6 is 39.5 Å². The number of amides is 2. The van der Waals surface area contributed by atoms with E-state index >= 15 is 0 Å². The standard InChI is InChI=1S/C16H14BrN3O2S2/c17-10-6-2-1-4-8(10)14(22)19-16(23)20-15-12(13(18)21)9-5-3-7-11(9)24-15/h1-2,4,6H,3,5,7H2,(H2,18,21)(H2,19,20,22,23). The minimum Gasteiger partial charge on any atom is -0.365 e. The summed E-state index contributed by atoms with van der Waals surface area (Å²) < 4.78 is 0.679. The SMILES string of the molecule is NC(=O)c1c(NC(=S)NC(=O)c2ccccc2Br)sc2c1CCC2. The highest BCUT2D eigenvalue weighted by molar-refractivity contribution is 9.10. The molecular weight excluding hydrogens is 410 g/mol. The van der Waals surface area contributed by atoms with Crippen molar-refractivity contribution >= 4 is 61.4 Å². The number of halogens is 1. The molecule has 0 saturated heterocycles. The van der Waals surface area contributed by atoms with Gasteiger partial charge in [0.15, 0.2) is 5.11 Å². The quantitative estimate of drug-likeness (QED) is 0.661. The number of hydrogen-bond acceptors (Lipinski definition) is 4. The highest BCUT2D eigenvalue weighted by atomic mass is 79.9. The summed E-state index contributed by atoms with van der Waals surface area (Å²) in [6.45, 7) is 0. The van der Waals surface area contributed by atoms with Gasteiger partial charge in [0, 0.05) is 9.35 Å². The first-order chi connectivity index (χ1) is 11.5. The van der Waals surface area contributed by atoms with Crippen molar-refractivity contribution in [1.29, 1.82) is 0 Å². The number of primary amides is 1. The number of carbonyl (C=O) groups is 2. The molecule has 0 bridgehead atoms. The molecule has 0 saturated carbocycles. The van der Waals surface area contributed by atoms with Crippen molar-refractivity contribution in [3.8, 4) is 0 Å². The van der Waals surface area contributed by atoms with Crippen LogP contribution in [0.4, 0.5) is 5.00 Å². The molecule has 124 valence electrons. The molecule has 0 atom stereocenters. The van der Waals surface area contributed by atoms with E-state index in [0.717, 1.165) is 29.7 Å². The first-order valence-electron chi connectivity index (χ1n) is 7.28. The lowest BCUT2D eigenvalue weighted by atomic mass is 10.1. The van der Waals surface area contributed by atoms with E-state index < -0.39 is 5.91 Å². The van der Waals surface area contributed by atoms with E-state index in [0.29, 0.717) is 20.6 Å². The predicted molar refractivity (Wildman–Crippen MR) is 103 cm³/mol. The van der Waals surface area contributed by atoms with Gasteiger partial charge in [-0.1, -0.05) is 12.1 Å². The Bertz CT molecular complexity index is 848. The highest BCUT2D eigenvalue weighted by Gasteiger charge is 2.25. The topological polar surface area (TPSA) is 84.2 Å². The highest BCUT2D eigenvalue weighted by Crippen LogP contribution is 2.38. The Hall–Kier alpha value is -1.77. The third kappa shape index (κ3) is 3.35. The normalized spacial score (nSPS) is 12.5. The fourth-order valence-corrected chi connectivity index (χ4v) is 4.73. The van der Waals surface area contributed by atoms with Gasteiger partial charge in [0.1, 0.15) is 5.00 Å². The summed E-state index contributed by atoms with van der Waals surface area (Å²) in [6, 6.07) is 7.06. The maximum Gasteiger partial charge on any atom is 0.258 e. The molecule has 5 nitrogen and oxygen atoms in total. The summed E-state index contributed by atoms with van der Waals surface area (Å²) >= 11 is 10.0. The summed E-state index contributed by atoms with van der Waals surface area (Å²) in [6.07, 6.45) is 2.82. The van der Waals surface area contributed by atoms with Crippen LogP contribution in [0.25, 0.3) is 0 Å². The fraction of sp³-hybridized carbons (Fsp3) is 0.188. The zero-order valence-electron chi connectivity index (χ0n) is 12.5. The molecule has 1 aliphatic rings. The van der Waals surface area contributed by atoms with E-state index in [4.69, 9.17) is 18.0 Å². The molecule has 0 unspecified atom stereocenters. The number of thiocarbonyl (C=S) groups is 1. The van der Waals surface area contributed by atoms with Gasteiger partial charge in [0.25, 0.3) is 11.8 Å². The average Bonchev–Trinajstić information content (AvgIpc) is 3.07. The van der Waals surface area contributed by atoms with E-state index in [1.54, 1.807) is 18.2 Å². The van der Waals surface area contributed by atoms with Crippen molar-refractivity contribution in [2.75, 3.05) is 5.32 Å². The fourth-order valence-electron chi connectivity index (χ4n) is 2.70. The molecule has 1 heterocycles. The van der Waals surface area contributed by atoms with Crippen molar-refractivity contribution in [3.63, 3.8) is 0 Å². The smallest absolute Gasteiger partial charge is 0.258 e. The first kappa shape index (κ1) is 17.1. The number of fused-ring (bicyclic) bond motifs is 1. The molecule has 0 aliphatic heterocycles. The predicted octanol–water partition coefficient (Wildman–Crippen LogP) is 3.23. The summed E-state index contributed by atoms with van der Waals surface area (Å²) in [5.74, 6) is -0.804. The zero-order chi connectivity index (χ0) is 17.3. The number of benzene rings is 1. The van der Waals surface area contributed by atoms with Gasteiger partial charge >= 0.3 is 0 Å². The minimum absolute atomic E-state index is 0.137. The third-order valence-electron chi connectivity index (χ3n) is 3.74. The first-order valence-corrected chi connectivity index (χ1v) is 9.30. The van der Waals surface area contributed by atoms with Gasteiger partial charge in [-0.05, 0) is 65.1 Å². The Morgan fingerprint density at radius 2 is 2.00 bits per heavy atom. The second-order valence-corrected chi connectivity index (χ2v) is 7.68. The van der Waals surface area contributed by atoms with Crippen LogP contribution in [0.5, 0.6) is 0 Å². The second kappa shape index (κ2) is 7.00. The molecule has 8 heteroatoms. The van der Waals surface area contributed by atoms with Crippen molar-refractivity contribution in [3.05, 3.63) is 50.3 Å². The monoisotopic (exact) mass is 423 g/mol. The molecule has 2 aromatic rings. The van der Waals surface area contributed by atoms with Crippen LogP contribution in [-0.2, 0) is 12.8 Å². The lowest BCUT2D eigenvalue weighted by Crippen LogP contribution is -2.34. The minimum atomic E-state index is -0.475. The molecule has 1 aromatic heterocycles. The largest absolute Gasteiger partial charge is 0.365 e. The molecule has 24 heavy (non-hydrogen) atoms. The van der Waals surface area contributed by atoms with E-state index in [-0.39, 0.29) is 11.0 Å². The molecule has 0 radical (unpaired) electrons. The van der Waals surface area contributed by atoms with Gasteiger partial charge in [0.05, 0.1) is 11.1 Å². The summed E-state index contributed by atoms with van der Waals surface area (Å²) in [5, 5.41) is 6.30. The van der Waals surface area contributed by atoms with E-state index in [2.05, 4.69) is 26.6 Å². The Kier molecular flexibility index (Phi) is 4.98. The van der Waals surface area contributed by atoms with Gasteiger partial charge in [-0.15, -0.1) is 11.3 Å². The number of thiophene rings is 1. The van der Waals surface area contributed by atoms with Gasteiger partial charge in [-0.25, -0.2) is 0 Å². The summed E-state index contributed by atoms with van der Waals surface area (Å²) in [7, 11) is 0. The average molecular weight is 424 g/mol. The zero-order valence-corrected chi connectivity index (χ0v) is 15.7. The van der Waals surface area contributed by atoms with Crippen LogP contribution in [-0.4, -0.2) is 16.9 Å². The lowest BCUT2D eigenvalue weighted by Gasteiger charge is -2.10. The van der Waals surface area contributed by atoms with Crippen molar-refractivity contribution in [1.82, 2.24) is 5.32 Å². The van der Waals surface area contributed by atoms with Crippen LogP contribution in [0.15, 0.2) is 28.7 Å². The Morgan fingerprint density at radius 3 is 2.71 bits per heavy atom. The molecule has 2 amide bonds. The Labute approximate surface area is 156 Å². The van der Waals surface area contributed by atoms with Crippen LogP contribution < -0.4 is 16.4 Å². The number of nitrogens with two attached hydrogens (primary N) is 1. The van der Waals surface area contributed by atoms with Gasteiger partial charge in [-0.2, -0.15) is 0 Å². The Morgan fingerprint density at radius 1 is 1.25 bits per heavy atom. The van der Waals surface area contributed by atoms with Gasteiger partial charge in [-0.3, -0.25) is 14.9 Å². The van der Waals surface area contributed by atoms with E-state index in [9.17, 15) is 9.59 Å². The molecule has 3 rings (SSSR count).